The summed E-state index contributed by atoms with van der Waals surface area (Å²) in [6.45, 7) is 1.48. The first-order valence-corrected chi connectivity index (χ1v) is 7.35. The maximum atomic E-state index is 13.6. The fourth-order valence-corrected chi connectivity index (χ4v) is 2.12. The minimum atomic E-state index is -0.506. The first-order chi connectivity index (χ1) is 10.5. The Balaban J connectivity index is 1.91. The van der Waals surface area contributed by atoms with E-state index in [4.69, 9.17) is 0 Å². The molecule has 0 aliphatic rings. The molecule has 2 N–H and O–H groups in total. The Morgan fingerprint density at radius 3 is 2.41 bits per heavy atom. The molecule has 2 aromatic carbocycles. The van der Waals surface area contributed by atoms with Crippen molar-refractivity contribution in [2.75, 3.05) is 17.2 Å². The zero-order valence-corrected chi connectivity index (χ0v) is 13.4. The Morgan fingerprint density at radius 1 is 1.14 bits per heavy atom. The van der Waals surface area contributed by atoms with Gasteiger partial charge in [-0.05, 0) is 49.4 Å². The van der Waals surface area contributed by atoms with Crippen molar-refractivity contribution in [1.29, 1.82) is 0 Å². The molecule has 0 saturated carbocycles. The smallest absolute Gasteiger partial charge is 0.243 e. The first-order valence-electron chi connectivity index (χ1n) is 6.55. The van der Waals surface area contributed by atoms with Crippen molar-refractivity contribution >= 4 is 39.0 Å². The fourth-order valence-electron chi connectivity index (χ4n) is 1.79. The third kappa shape index (κ3) is 4.39. The summed E-state index contributed by atoms with van der Waals surface area (Å²) < 4.78 is 14.2. The van der Waals surface area contributed by atoms with Gasteiger partial charge in [0.2, 0.25) is 5.91 Å². The Labute approximate surface area is 135 Å². The van der Waals surface area contributed by atoms with Crippen molar-refractivity contribution in [3.8, 4) is 0 Å². The number of amides is 1. The molecule has 0 heterocycles. The topological polar surface area (TPSA) is 58.2 Å². The van der Waals surface area contributed by atoms with Gasteiger partial charge in [0, 0.05) is 15.7 Å². The monoisotopic (exact) mass is 364 g/mol. The van der Waals surface area contributed by atoms with Crippen molar-refractivity contribution in [2.24, 2.45) is 0 Å². The van der Waals surface area contributed by atoms with Crippen LogP contribution in [0, 0.1) is 5.82 Å². The summed E-state index contributed by atoms with van der Waals surface area (Å²) >= 11 is 3.15. The highest BCUT2D eigenvalue weighted by atomic mass is 79.9. The second-order valence-electron chi connectivity index (χ2n) is 4.66. The highest BCUT2D eigenvalue weighted by Gasteiger charge is 2.07. The Kier molecular flexibility index (Phi) is 5.27. The predicted octanol–water partition coefficient (Wildman–Crippen LogP) is 3.84. The number of nitrogens with one attached hydrogen (secondary N) is 2. The Bertz CT molecular complexity index is 702. The minimum Gasteiger partial charge on any atom is -0.376 e. The van der Waals surface area contributed by atoms with E-state index >= 15 is 0 Å². The van der Waals surface area contributed by atoms with Crippen LogP contribution in [-0.2, 0) is 4.79 Å². The fraction of sp³-hybridized carbons (Fsp3) is 0.125. The molecular formula is C16H14BrFN2O2. The number of rotatable bonds is 5. The van der Waals surface area contributed by atoms with Crippen molar-refractivity contribution in [3.63, 3.8) is 0 Å². The van der Waals surface area contributed by atoms with Crippen LogP contribution in [0.4, 0.5) is 15.8 Å². The number of ketones is 1. The molecule has 0 radical (unpaired) electrons. The van der Waals surface area contributed by atoms with E-state index in [1.807, 2.05) is 0 Å². The average Bonchev–Trinajstić information content (AvgIpc) is 2.48. The number of anilines is 2. The molecule has 0 bridgehead atoms. The SMILES string of the molecule is CC(=O)c1ccc(NCC(=O)Nc2ccc(Br)cc2F)cc1. The van der Waals surface area contributed by atoms with Crippen molar-refractivity contribution < 1.29 is 14.0 Å². The molecule has 2 aromatic rings. The average molecular weight is 365 g/mol. The normalized spacial score (nSPS) is 10.1. The third-order valence-electron chi connectivity index (χ3n) is 2.95. The molecule has 0 unspecified atom stereocenters. The van der Waals surface area contributed by atoms with Gasteiger partial charge in [-0.1, -0.05) is 15.9 Å². The number of carbonyl (C=O) groups is 2. The van der Waals surface area contributed by atoms with Crippen LogP contribution in [0.5, 0.6) is 0 Å². The zero-order chi connectivity index (χ0) is 16.1. The number of halogens is 2. The van der Waals surface area contributed by atoms with Crippen LogP contribution in [0.3, 0.4) is 0 Å². The van der Waals surface area contributed by atoms with Gasteiger partial charge in [-0.25, -0.2) is 4.39 Å². The van der Waals surface area contributed by atoms with Crippen molar-refractivity contribution in [1.82, 2.24) is 0 Å². The van der Waals surface area contributed by atoms with Crippen LogP contribution in [0.25, 0.3) is 0 Å². The number of hydrogen-bond acceptors (Lipinski definition) is 3. The maximum Gasteiger partial charge on any atom is 0.243 e. The summed E-state index contributed by atoms with van der Waals surface area (Å²) in [4.78, 5) is 23.0. The van der Waals surface area contributed by atoms with Gasteiger partial charge in [0.05, 0.1) is 12.2 Å². The lowest BCUT2D eigenvalue weighted by molar-refractivity contribution is -0.114. The molecule has 0 atom stereocenters. The second kappa shape index (κ2) is 7.17. The predicted molar refractivity (Wildman–Crippen MR) is 87.7 cm³/mol. The standard InChI is InChI=1S/C16H14BrFN2O2/c1-10(21)11-2-5-13(6-3-11)19-9-16(22)20-15-7-4-12(17)8-14(15)18/h2-8,19H,9H2,1H3,(H,20,22). The van der Waals surface area contributed by atoms with E-state index in [9.17, 15) is 14.0 Å². The third-order valence-corrected chi connectivity index (χ3v) is 3.44. The molecular weight excluding hydrogens is 351 g/mol. The molecule has 1 amide bonds. The van der Waals surface area contributed by atoms with Gasteiger partial charge in [0.1, 0.15) is 5.82 Å². The Hall–Kier alpha value is -2.21. The first kappa shape index (κ1) is 16.2. The van der Waals surface area contributed by atoms with Gasteiger partial charge >= 0.3 is 0 Å². The minimum absolute atomic E-state index is 0.00504. The summed E-state index contributed by atoms with van der Waals surface area (Å²) in [5.74, 6) is -0.889. The van der Waals surface area contributed by atoms with E-state index in [-0.39, 0.29) is 23.9 Å². The largest absolute Gasteiger partial charge is 0.376 e. The van der Waals surface area contributed by atoms with E-state index in [1.165, 1.54) is 19.1 Å². The quantitative estimate of drug-likeness (QED) is 0.792. The molecule has 2 rings (SSSR count). The lowest BCUT2D eigenvalue weighted by atomic mass is 10.1. The molecule has 4 nitrogen and oxygen atoms in total. The lowest BCUT2D eigenvalue weighted by Gasteiger charge is -2.09. The summed E-state index contributed by atoms with van der Waals surface area (Å²) in [6, 6.07) is 11.2. The van der Waals surface area contributed by atoms with Crippen LogP contribution in [0.1, 0.15) is 17.3 Å². The molecule has 0 aliphatic carbocycles. The van der Waals surface area contributed by atoms with Gasteiger partial charge in [-0.15, -0.1) is 0 Å². The number of benzene rings is 2. The van der Waals surface area contributed by atoms with Crippen LogP contribution in [-0.4, -0.2) is 18.2 Å². The molecule has 6 heteroatoms. The molecule has 0 spiro atoms. The second-order valence-corrected chi connectivity index (χ2v) is 5.58. The number of carbonyl (C=O) groups excluding carboxylic acids is 2. The van der Waals surface area contributed by atoms with Crippen LogP contribution in [0.15, 0.2) is 46.9 Å². The summed E-state index contributed by atoms with van der Waals surface area (Å²) in [5.41, 5.74) is 1.44. The van der Waals surface area contributed by atoms with E-state index < -0.39 is 5.82 Å². The highest BCUT2D eigenvalue weighted by Crippen LogP contribution is 2.19. The van der Waals surface area contributed by atoms with Gasteiger partial charge in [-0.2, -0.15) is 0 Å². The van der Waals surface area contributed by atoms with Gasteiger partial charge < -0.3 is 10.6 Å². The van der Waals surface area contributed by atoms with Crippen molar-refractivity contribution in [2.45, 2.75) is 6.92 Å². The molecule has 0 saturated heterocycles. The van der Waals surface area contributed by atoms with Crippen LogP contribution >= 0.6 is 15.9 Å². The molecule has 0 aliphatic heterocycles. The van der Waals surface area contributed by atoms with E-state index in [1.54, 1.807) is 30.3 Å². The molecule has 0 aromatic heterocycles. The Morgan fingerprint density at radius 2 is 1.82 bits per heavy atom. The number of Topliss-reactive ketones (excluding diaryl/α,β-unsaturated/α-hetero) is 1. The van der Waals surface area contributed by atoms with Crippen LogP contribution in [0.2, 0.25) is 0 Å². The molecule has 114 valence electrons. The van der Waals surface area contributed by atoms with Crippen LogP contribution < -0.4 is 10.6 Å². The van der Waals surface area contributed by atoms with E-state index in [2.05, 4.69) is 26.6 Å². The maximum absolute atomic E-state index is 13.6. The van der Waals surface area contributed by atoms with E-state index in [0.29, 0.717) is 15.7 Å². The van der Waals surface area contributed by atoms with E-state index in [0.717, 1.165) is 0 Å². The zero-order valence-electron chi connectivity index (χ0n) is 11.8. The van der Waals surface area contributed by atoms with Crippen molar-refractivity contribution in [3.05, 3.63) is 58.3 Å². The molecule has 0 fully saturated rings. The molecule has 22 heavy (non-hydrogen) atoms. The van der Waals surface area contributed by atoms with Gasteiger partial charge in [0.25, 0.3) is 0 Å². The summed E-state index contributed by atoms with van der Waals surface area (Å²) in [5, 5.41) is 5.39. The lowest BCUT2D eigenvalue weighted by Crippen LogP contribution is -2.22. The highest BCUT2D eigenvalue weighted by molar-refractivity contribution is 9.10. The van der Waals surface area contributed by atoms with Gasteiger partial charge in [0.15, 0.2) is 5.78 Å². The summed E-state index contributed by atoms with van der Waals surface area (Å²) in [7, 11) is 0. The number of hydrogen-bond donors (Lipinski definition) is 2. The van der Waals surface area contributed by atoms with Gasteiger partial charge in [-0.3, -0.25) is 9.59 Å². The summed E-state index contributed by atoms with van der Waals surface area (Å²) in [6.07, 6.45) is 0.